The van der Waals surface area contributed by atoms with Crippen LogP contribution in [0.3, 0.4) is 0 Å². The van der Waals surface area contributed by atoms with E-state index in [0.29, 0.717) is 23.2 Å². The first-order chi connectivity index (χ1) is 21.4. The highest BCUT2D eigenvalue weighted by Gasteiger charge is 2.27. The third kappa shape index (κ3) is 6.56. The van der Waals surface area contributed by atoms with Crippen molar-refractivity contribution in [1.29, 1.82) is 5.26 Å². The zero-order valence-corrected chi connectivity index (χ0v) is 26.9. The number of nitrogens with zero attached hydrogens (tertiary/aromatic N) is 5. The molecule has 0 amide bonds. The van der Waals surface area contributed by atoms with Gasteiger partial charge >= 0.3 is 0 Å². The predicted molar refractivity (Wildman–Crippen MR) is 184 cm³/mol. The van der Waals surface area contributed by atoms with Gasteiger partial charge in [0.2, 0.25) is 5.95 Å². The number of hydrogen-bond acceptors (Lipinski definition) is 7. The average molecular weight is 588 g/mol. The second-order valence-electron chi connectivity index (χ2n) is 12.0. The van der Waals surface area contributed by atoms with Gasteiger partial charge in [0.25, 0.3) is 0 Å². The minimum Gasteiger partial charge on any atom is -0.368 e. The number of benzene rings is 2. The summed E-state index contributed by atoms with van der Waals surface area (Å²) in [5.74, 6) is 0.465. The fourth-order valence-electron chi connectivity index (χ4n) is 6.44. The molecule has 0 spiro atoms. The number of aryl methyl sites for hydroxylation is 2. The quantitative estimate of drug-likeness (QED) is 0.235. The Balaban J connectivity index is 1.52. The molecule has 1 atom stereocenters. The van der Waals surface area contributed by atoms with Crippen molar-refractivity contribution >= 4 is 28.6 Å². The van der Waals surface area contributed by atoms with Crippen LogP contribution in [0.1, 0.15) is 73.0 Å². The van der Waals surface area contributed by atoms with E-state index < -0.39 is 0 Å². The molecule has 7 nitrogen and oxygen atoms in total. The summed E-state index contributed by atoms with van der Waals surface area (Å²) in [5.41, 5.74) is 11.2. The molecule has 1 aromatic heterocycles. The Bertz CT molecular complexity index is 1630. The van der Waals surface area contributed by atoms with Gasteiger partial charge < -0.3 is 20.4 Å². The van der Waals surface area contributed by atoms with Crippen LogP contribution in [0.25, 0.3) is 5.57 Å². The number of nitrogens with one attached hydrogen (secondary N) is 2. The van der Waals surface area contributed by atoms with Crippen molar-refractivity contribution < 1.29 is 0 Å². The van der Waals surface area contributed by atoms with Crippen LogP contribution >= 0.6 is 0 Å². The van der Waals surface area contributed by atoms with Crippen LogP contribution in [0.2, 0.25) is 0 Å². The van der Waals surface area contributed by atoms with Gasteiger partial charge in [-0.05, 0) is 107 Å². The molecule has 1 saturated heterocycles. The van der Waals surface area contributed by atoms with E-state index in [9.17, 15) is 5.26 Å². The number of hydrogen-bond donors (Lipinski definition) is 2. The summed E-state index contributed by atoms with van der Waals surface area (Å²) in [6.45, 7) is 12.3. The predicted octanol–water partition coefficient (Wildman–Crippen LogP) is 7.76. The number of fused-ring (bicyclic) bond motifs is 1. The van der Waals surface area contributed by atoms with Crippen molar-refractivity contribution in [1.82, 2.24) is 14.9 Å². The van der Waals surface area contributed by atoms with Crippen LogP contribution in [-0.4, -0.2) is 48.1 Å². The highest BCUT2D eigenvalue weighted by atomic mass is 15.2. The van der Waals surface area contributed by atoms with Crippen LogP contribution in [0.5, 0.6) is 0 Å². The van der Waals surface area contributed by atoms with Crippen LogP contribution < -0.4 is 15.5 Å². The highest BCUT2D eigenvalue weighted by Crippen LogP contribution is 2.37. The van der Waals surface area contributed by atoms with Crippen LogP contribution in [0.4, 0.5) is 23.0 Å². The minimum atomic E-state index is 0.465. The Morgan fingerprint density at radius 1 is 1.20 bits per heavy atom. The van der Waals surface area contributed by atoms with E-state index in [1.165, 1.54) is 35.2 Å². The molecule has 3 aromatic rings. The number of likely N-dealkylation sites (N-methyl/N-ethyl adjacent to an activating group) is 1. The number of nitriles is 1. The molecule has 1 unspecified atom stereocenters. The average Bonchev–Trinajstić information content (AvgIpc) is 3.54. The lowest BCUT2D eigenvalue weighted by Crippen LogP contribution is -2.31. The molecule has 1 aliphatic heterocycles. The van der Waals surface area contributed by atoms with Crippen molar-refractivity contribution in [2.45, 2.75) is 65.3 Å². The zero-order chi connectivity index (χ0) is 31.2. The first kappa shape index (κ1) is 31.0. The molecule has 0 radical (unpaired) electrons. The minimum absolute atomic E-state index is 0.465. The highest BCUT2D eigenvalue weighted by molar-refractivity contribution is 5.84. The van der Waals surface area contributed by atoms with Gasteiger partial charge in [-0.3, -0.25) is 0 Å². The first-order valence-corrected chi connectivity index (χ1v) is 15.8. The first-order valence-electron chi connectivity index (χ1n) is 15.8. The normalized spacial score (nSPS) is 16.9. The van der Waals surface area contributed by atoms with Gasteiger partial charge in [-0.25, -0.2) is 9.97 Å². The largest absolute Gasteiger partial charge is 0.368 e. The summed E-state index contributed by atoms with van der Waals surface area (Å²) in [6, 6.07) is 13.8. The maximum atomic E-state index is 10.0. The smallest absolute Gasteiger partial charge is 0.227 e. The molecule has 1 fully saturated rings. The lowest BCUT2D eigenvalue weighted by molar-refractivity contribution is 0.315. The maximum absolute atomic E-state index is 10.0. The summed E-state index contributed by atoms with van der Waals surface area (Å²) < 4.78 is 0. The molecule has 1 aliphatic carbocycles. The Labute approximate surface area is 263 Å². The second kappa shape index (κ2) is 13.9. The van der Waals surface area contributed by atoms with Crippen LogP contribution in [0, 0.1) is 18.3 Å². The van der Waals surface area contributed by atoms with E-state index in [-0.39, 0.29) is 0 Å². The van der Waals surface area contributed by atoms with Gasteiger partial charge in [0.1, 0.15) is 6.07 Å². The molecule has 2 aromatic carbocycles. The summed E-state index contributed by atoms with van der Waals surface area (Å²) >= 11 is 0. The topological polar surface area (TPSA) is 80.1 Å². The molecular formula is C37H45N7. The molecule has 0 saturated carbocycles. The molecule has 44 heavy (non-hydrogen) atoms. The Hall–Kier alpha value is -4.41. The number of allylic oxidation sites excluding steroid dienone is 3. The Morgan fingerprint density at radius 2 is 2.02 bits per heavy atom. The lowest BCUT2D eigenvalue weighted by atomic mass is 9.84. The lowest BCUT2D eigenvalue weighted by Gasteiger charge is -2.26. The van der Waals surface area contributed by atoms with Gasteiger partial charge in [0, 0.05) is 36.1 Å². The number of anilines is 4. The van der Waals surface area contributed by atoms with E-state index in [1.807, 2.05) is 13.0 Å². The van der Waals surface area contributed by atoms with E-state index >= 15 is 0 Å². The van der Waals surface area contributed by atoms with Gasteiger partial charge in [-0.2, -0.15) is 5.26 Å². The van der Waals surface area contributed by atoms with Crippen molar-refractivity contribution in [3.63, 3.8) is 0 Å². The van der Waals surface area contributed by atoms with Crippen LogP contribution in [0.15, 0.2) is 67.0 Å². The van der Waals surface area contributed by atoms with Crippen molar-refractivity contribution in [3.05, 3.63) is 101 Å². The standard InChI is InChI=1S/C37H45N7/c1-7-13-28(8-2)40-34-21-33(25(4)20-35(34)44-19-18-29(24-44)43(5)6)41-37-39-23-27(22-38)36(42-37)30(9-3)32-17-12-15-26-14-10-11-16-31(26)32/h8-9,12-13,15,17,20-21,23,29,40H,2,7,10-11,14,16,18-19,24H2,1,3-6H3,(H,39,41,42)/b28-13-,30-9+. The fourth-order valence-corrected chi connectivity index (χ4v) is 6.44. The van der Waals surface area contributed by atoms with E-state index in [0.717, 1.165) is 67.0 Å². The summed E-state index contributed by atoms with van der Waals surface area (Å²) in [4.78, 5) is 14.3. The van der Waals surface area contributed by atoms with E-state index in [1.54, 1.807) is 6.20 Å². The van der Waals surface area contributed by atoms with E-state index in [4.69, 9.17) is 4.98 Å². The maximum Gasteiger partial charge on any atom is 0.227 e. The van der Waals surface area contributed by atoms with Gasteiger partial charge in [-0.15, -0.1) is 0 Å². The molecule has 2 N–H and O–H groups in total. The van der Waals surface area contributed by atoms with Gasteiger partial charge in [0.05, 0.1) is 28.8 Å². The Kier molecular flexibility index (Phi) is 9.82. The van der Waals surface area contributed by atoms with Crippen molar-refractivity contribution in [2.75, 3.05) is 42.7 Å². The molecule has 2 aliphatic rings. The number of aromatic nitrogens is 2. The van der Waals surface area contributed by atoms with Crippen molar-refractivity contribution in [3.8, 4) is 6.07 Å². The number of rotatable bonds is 10. The molecule has 0 bridgehead atoms. The van der Waals surface area contributed by atoms with E-state index in [2.05, 4.69) is 108 Å². The van der Waals surface area contributed by atoms with Gasteiger partial charge in [-0.1, -0.05) is 43.9 Å². The summed E-state index contributed by atoms with van der Waals surface area (Å²) in [6.07, 6.45) is 14.3. The molecule has 5 rings (SSSR count). The third-order valence-corrected chi connectivity index (χ3v) is 8.89. The zero-order valence-electron chi connectivity index (χ0n) is 26.9. The monoisotopic (exact) mass is 587 g/mol. The Morgan fingerprint density at radius 3 is 2.73 bits per heavy atom. The SMILES string of the molecule is C=C/C(=C/CC)Nc1cc(Nc2ncc(C#N)c(/C(=C/C)c3cccc4c3CCCC4)n2)c(C)cc1N1CCC(N(C)C)C1. The van der Waals surface area contributed by atoms with Crippen LogP contribution in [-0.2, 0) is 12.8 Å². The molecular weight excluding hydrogens is 542 g/mol. The molecule has 7 heteroatoms. The fraction of sp³-hybridized carbons (Fsp3) is 0.378. The van der Waals surface area contributed by atoms with Gasteiger partial charge in [0.15, 0.2) is 0 Å². The summed E-state index contributed by atoms with van der Waals surface area (Å²) in [5, 5.41) is 17.2. The summed E-state index contributed by atoms with van der Waals surface area (Å²) in [7, 11) is 4.31. The van der Waals surface area contributed by atoms with Crippen molar-refractivity contribution in [2.24, 2.45) is 0 Å². The second-order valence-corrected chi connectivity index (χ2v) is 12.0. The molecule has 228 valence electrons. The third-order valence-electron chi connectivity index (χ3n) is 8.89. The molecule has 2 heterocycles.